The lowest BCUT2D eigenvalue weighted by Crippen LogP contribution is -2.54. The van der Waals surface area contributed by atoms with Crippen molar-refractivity contribution in [3.63, 3.8) is 0 Å². The third kappa shape index (κ3) is 17.5. The molecule has 0 bridgehead atoms. The van der Waals surface area contributed by atoms with Crippen LogP contribution in [0.15, 0.2) is 30.3 Å². The Morgan fingerprint density at radius 2 is 1.12 bits per heavy atom. The van der Waals surface area contributed by atoms with Crippen molar-refractivity contribution in [3.8, 4) is 0 Å². The Morgan fingerprint density at radius 1 is 0.707 bits per heavy atom. The second-order valence-corrected chi connectivity index (χ2v) is 13.7. The lowest BCUT2D eigenvalue weighted by Gasteiger charge is -2.34. The van der Waals surface area contributed by atoms with Crippen LogP contribution in [-0.4, -0.2) is 121 Å². The van der Waals surface area contributed by atoms with Crippen LogP contribution in [0.2, 0.25) is 0 Å². The van der Waals surface area contributed by atoms with Crippen LogP contribution in [0.3, 0.4) is 0 Å². The topological polar surface area (TPSA) is 288 Å². The molecule has 1 aromatic rings. The third-order valence-electron chi connectivity index (χ3n) is 9.83. The number of nitrogens with two attached hydrogens (primary N) is 1. The Bertz CT molecular complexity index is 1570. The fraction of sp³-hybridized carbons (Fsp3) is 0.583. The maximum Gasteiger partial charge on any atom is 0.407 e. The van der Waals surface area contributed by atoms with E-state index in [-0.39, 0.29) is 124 Å². The fourth-order valence-corrected chi connectivity index (χ4v) is 6.54. The number of ether oxygens (including phenoxy) is 1. The first-order chi connectivity index (χ1) is 25.3. The molecular formula is C36H58N4O14S4. The molecule has 4 atom stereocenters. The highest BCUT2D eigenvalue weighted by molar-refractivity contribution is 7.59. The summed E-state index contributed by atoms with van der Waals surface area (Å²) in [6, 6.07) is 9.03. The van der Waals surface area contributed by atoms with Gasteiger partial charge in [-0.1, -0.05) is 30.3 Å². The highest BCUT2D eigenvalue weighted by atomic mass is 32.1. The number of likely N-dealkylation sites (tertiary alicyclic amines) is 2. The van der Waals surface area contributed by atoms with Gasteiger partial charge < -0.3 is 46.0 Å². The quantitative estimate of drug-likeness (QED) is 0.116. The molecule has 330 valence electrons. The molecule has 3 rings (SSSR count). The molecule has 22 heteroatoms. The van der Waals surface area contributed by atoms with Crippen LogP contribution in [0.4, 0.5) is 4.79 Å². The first-order valence-electron chi connectivity index (χ1n) is 17.6. The highest BCUT2D eigenvalue weighted by Gasteiger charge is 2.47. The maximum atomic E-state index is 12.9. The van der Waals surface area contributed by atoms with E-state index in [1.54, 1.807) is 26.0 Å². The summed E-state index contributed by atoms with van der Waals surface area (Å²) in [6.45, 7) is 3.39. The minimum Gasteiger partial charge on any atom is -0.481 e. The summed E-state index contributed by atoms with van der Waals surface area (Å²) in [5.41, 5.74) is 3.88. The van der Waals surface area contributed by atoms with Crippen LogP contribution in [0.5, 0.6) is 0 Å². The summed E-state index contributed by atoms with van der Waals surface area (Å²) in [5, 5.41) is 38.3. The van der Waals surface area contributed by atoms with Crippen molar-refractivity contribution in [2.45, 2.75) is 95.7 Å². The van der Waals surface area contributed by atoms with E-state index < -0.39 is 64.6 Å². The van der Waals surface area contributed by atoms with E-state index in [2.05, 4.69) is 5.32 Å². The van der Waals surface area contributed by atoms with Crippen LogP contribution in [0.1, 0.15) is 83.6 Å². The summed E-state index contributed by atoms with van der Waals surface area (Å²) in [5.74, 6) is -8.51. The molecule has 0 spiro atoms. The first-order valence-corrected chi connectivity index (χ1v) is 17.6. The number of carbonyl (C=O) groups excluding carboxylic acids is 5. The zero-order valence-corrected chi connectivity index (χ0v) is 36.5. The average molecular weight is 899 g/mol. The monoisotopic (exact) mass is 898 g/mol. The van der Waals surface area contributed by atoms with Gasteiger partial charge in [0.25, 0.3) is 0 Å². The summed E-state index contributed by atoms with van der Waals surface area (Å²) >= 11 is 0. The number of hydrogen-bond donors (Lipinski definition) is 6. The van der Waals surface area contributed by atoms with Gasteiger partial charge in [-0.25, -0.2) is 4.79 Å². The number of Topliss-reactive ketones (excluding diaryl/α,β-unsaturated/α-hetero) is 2. The Hall–Kier alpha value is -3.99. The molecule has 0 radical (unpaired) electrons. The van der Waals surface area contributed by atoms with Gasteiger partial charge in [-0.05, 0) is 57.9 Å². The van der Waals surface area contributed by atoms with Crippen molar-refractivity contribution in [2.75, 3.05) is 26.2 Å². The summed E-state index contributed by atoms with van der Waals surface area (Å²) < 4.78 is 5.06. The highest BCUT2D eigenvalue weighted by Crippen LogP contribution is 2.34. The molecule has 0 aromatic heterocycles. The fourth-order valence-electron chi connectivity index (χ4n) is 6.54. The van der Waals surface area contributed by atoms with Gasteiger partial charge in [-0.15, -0.1) is 0 Å². The van der Waals surface area contributed by atoms with Gasteiger partial charge in [-0.3, -0.25) is 38.4 Å². The van der Waals surface area contributed by atoms with Crippen LogP contribution in [0.25, 0.3) is 0 Å². The molecule has 0 unspecified atom stereocenters. The maximum absolute atomic E-state index is 12.9. The number of nitrogens with zero attached hydrogens (tertiary/aromatic N) is 2. The van der Waals surface area contributed by atoms with E-state index in [1.807, 2.05) is 18.2 Å². The van der Waals surface area contributed by atoms with E-state index >= 15 is 0 Å². The molecular weight excluding hydrogens is 841 g/mol. The Balaban J connectivity index is -0.00000103. The van der Waals surface area contributed by atoms with E-state index in [9.17, 15) is 48.3 Å². The zero-order valence-electron chi connectivity index (χ0n) is 32.5. The van der Waals surface area contributed by atoms with Crippen molar-refractivity contribution >= 4 is 107 Å². The molecule has 2 heterocycles. The molecule has 0 aliphatic carbocycles. The zero-order chi connectivity index (χ0) is 40.6. The van der Waals surface area contributed by atoms with E-state index in [0.29, 0.717) is 38.8 Å². The average Bonchev–Trinajstić information content (AvgIpc) is 3.73. The number of carboxylic acid groups (broad SMARTS) is 4. The predicted octanol–water partition coefficient (Wildman–Crippen LogP) is 2.12. The SMILES string of the molecule is C[C@@]1(C(=O)C[C@@H](CCC(=O)O)C(=O)O)CCCN1C(=O)CN.C[C@@]1(C(=O)C[C@@H](CCC(=O)O)C(=O)O)CCCN1C(=O)CNC(=O)OCc1ccccc1.S.S.S.S. The van der Waals surface area contributed by atoms with Crippen LogP contribution in [-0.2, 0) is 49.7 Å². The van der Waals surface area contributed by atoms with Crippen molar-refractivity contribution < 1.29 is 68.3 Å². The number of benzene rings is 1. The summed E-state index contributed by atoms with van der Waals surface area (Å²) in [7, 11) is 0. The molecule has 18 nitrogen and oxygen atoms in total. The minimum atomic E-state index is -1.25. The van der Waals surface area contributed by atoms with Gasteiger partial charge in [-0.2, -0.15) is 54.0 Å². The van der Waals surface area contributed by atoms with E-state index in [1.165, 1.54) is 9.80 Å². The van der Waals surface area contributed by atoms with Gasteiger partial charge in [0.05, 0.1) is 29.5 Å². The van der Waals surface area contributed by atoms with Crippen molar-refractivity contribution in [1.29, 1.82) is 0 Å². The number of nitrogens with one attached hydrogen (secondary N) is 1. The Labute approximate surface area is 364 Å². The number of ketones is 2. The molecule has 0 saturated carbocycles. The largest absolute Gasteiger partial charge is 0.481 e. The van der Waals surface area contributed by atoms with Gasteiger partial charge in [0.1, 0.15) is 13.2 Å². The predicted molar refractivity (Wildman–Crippen MR) is 229 cm³/mol. The number of rotatable bonds is 19. The molecule has 1 aromatic carbocycles. The number of alkyl carbamates (subject to hydrolysis) is 1. The normalized spacial score (nSPS) is 18.7. The molecule has 58 heavy (non-hydrogen) atoms. The van der Waals surface area contributed by atoms with E-state index in [0.717, 1.165) is 5.56 Å². The number of aliphatic carboxylic acids is 4. The number of amides is 3. The summed E-state index contributed by atoms with van der Waals surface area (Å²) in [4.78, 5) is 109. The van der Waals surface area contributed by atoms with Crippen LogP contribution < -0.4 is 11.1 Å². The first kappa shape index (κ1) is 58.3. The molecule has 2 aliphatic rings. The van der Waals surface area contributed by atoms with E-state index in [4.69, 9.17) is 25.8 Å². The molecule has 3 amide bonds. The van der Waals surface area contributed by atoms with Crippen molar-refractivity contribution in [3.05, 3.63) is 35.9 Å². The molecule has 2 fully saturated rings. The second kappa shape index (κ2) is 27.7. The van der Waals surface area contributed by atoms with Crippen molar-refractivity contribution in [1.82, 2.24) is 15.1 Å². The van der Waals surface area contributed by atoms with Gasteiger partial charge >= 0.3 is 30.0 Å². The standard InChI is InChI=1S/C22H28N2O8.C14H22N2O6.4H2S/c1-22(17(25)12-16(20(29)30)8-9-19(27)28)10-5-11-24(22)18(26)13-23-21(31)32-14-15-6-3-2-4-7-15;1-14(5-2-6-16(14)11(18)8-15)10(17)7-9(13(21)22)3-4-12(19)20;;;;/h2-4,6-7,16H,5,8-14H2,1H3,(H,23,31)(H,27,28)(H,29,30);9H,2-8,15H2,1H3,(H,19,20)(H,21,22);4*1H2/t16-,22+;9-,14+;;;;/m11..../s1. The smallest absolute Gasteiger partial charge is 0.407 e. The number of hydrogen-bond acceptors (Lipinski definition) is 11. The Kier molecular flexibility index (Phi) is 27.8. The van der Waals surface area contributed by atoms with Crippen LogP contribution >= 0.6 is 54.0 Å². The lowest BCUT2D eigenvalue weighted by atomic mass is 9.85. The molecule has 2 saturated heterocycles. The second-order valence-electron chi connectivity index (χ2n) is 13.7. The summed E-state index contributed by atoms with van der Waals surface area (Å²) in [6.07, 6.45) is -0.348. The number of carboxylic acids is 4. The molecule has 2 aliphatic heterocycles. The third-order valence-corrected chi connectivity index (χ3v) is 9.83. The minimum absolute atomic E-state index is 0. The van der Waals surface area contributed by atoms with Crippen LogP contribution in [0, 0.1) is 11.8 Å². The van der Waals surface area contributed by atoms with Crippen molar-refractivity contribution in [2.24, 2.45) is 17.6 Å². The van der Waals surface area contributed by atoms with Gasteiger partial charge in [0.15, 0.2) is 11.6 Å². The Morgan fingerprint density at radius 3 is 1.50 bits per heavy atom. The number of carbonyl (C=O) groups is 9. The van der Waals surface area contributed by atoms with Gasteiger partial charge in [0.2, 0.25) is 11.8 Å². The molecule has 7 N–H and O–H groups in total. The lowest BCUT2D eigenvalue weighted by molar-refractivity contribution is -0.148. The van der Waals surface area contributed by atoms with Gasteiger partial charge in [0, 0.05) is 38.8 Å².